The Morgan fingerprint density at radius 1 is 0.917 bits per heavy atom. The molecule has 126 valence electrons. The molecule has 1 aromatic heterocycles. The van der Waals surface area contributed by atoms with Crippen molar-refractivity contribution in [3.05, 3.63) is 48.9 Å². The number of benzene rings is 1. The second-order valence-corrected chi connectivity index (χ2v) is 6.73. The average Bonchev–Trinajstić information content (AvgIpc) is 3.05. The van der Waals surface area contributed by atoms with E-state index in [-0.39, 0.29) is 6.42 Å². The lowest BCUT2D eigenvalue weighted by Crippen LogP contribution is -2.57. The lowest BCUT2D eigenvalue weighted by Gasteiger charge is -2.46. The Kier molecular flexibility index (Phi) is 3.62. The van der Waals surface area contributed by atoms with Crippen LogP contribution in [0.25, 0.3) is 0 Å². The van der Waals surface area contributed by atoms with E-state index in [9.17, 15) is 8.78 Å². The van der Waals surface area contributed by atoms with Gasteiger partial charge in [-0.05, 0) is 18.6 Å². The monoisotopic (exact) mass is 330 g/mol. The third-order valence-corrected chi connectivity index (χ3v) is 5.31. The second-order valence-electron chi connectivity index (χ2n) is 6.73. The van der Waals surface area contributed by atoms with E-state index in [1.807, 2.05) is 35.2 Å². The van der Waals surface area contributed by atoms with Crippen LogP contribution in [0, 0.1) is 5.41 Å². The molecule has 1 spiro atoms. The standard InChI is InChI=1S/C18H20F2N4/c19-18(20)7-11-23(15-4-2-1-3-5-15)13-17(18)6-10-24(14-17)16-12-21-8-9-22-16/h1-5,8-9,12H,6-7,10-11,13-14H2/t17-/m1/s1. The maximum Gasteiger partial charge on any atom is 0.258 e. The first-order valence-electron chi connectivity index (χ1n) is 8.29. The van der Waals surface area contributed by atoms with Gasteiger partial charge in [0, 0.05) is 50.7 Å². The summed E-state index contributed by atoms with van der Waals surface area (Å²) in [4.78, 5) is 12.4. The summed E-state index contributed by atoms with van der Waals surface area (Å²) in [5.41, 5.74) is -0.0103. The predicted octanol–water partition coefficient (Wildman–Crippen LogP) is 3.22. The van der Waals surface area contributed by atoms with E-state index >= 15 is 0 Å². The Morgan fingerprint density at radius 2 is 1.67 bits per heavy atom. The van der Waals surface area contributed by atoms with E-state index in [0.29, 0.717) is 38.4 Å². The number of piperidine rings is 1. The van der Waals surface area contributed by atoms with Gasteiger partial charge in [-0.2, -0.15) is 0 Å². The molecule has 4 rings (SSSR count). The number of halogens is 2. The predicted molar refractivity (Wildman–Crippen MR) is 89.5 cm³/mol. The summed E-state index contributed by atoms with van der Waals surface area (Å²) < 4.78 is 29.7. The number of anilines is 2. The zero-order valence-electron chi connectivity index (χ0n) is 13.4. The maximum absolute atomic E-state index is 14.9. The number of aromatic nitrogens is 2. The zero-order valence-corrected chi connectivity index (χ0v) is 13.4. The van der Waals surface area contributed by atoms with E-state index in [4.69, 9.17) is 0 Å². The molecule has 2 saturated heterocycles. The molecule has 6 heteroatoms. The fourth-order valence-electron chi connectivity index (χ4n) is 3.91. The molecule has 24 heavy (non-hydrogen) atoms. The van der Waals surface area contributed by atoms with Crippen molar-refractivity contribution < 1.29 is 8.78 Å². The SMILES string of the molecule is FC1(F)CCN(c2ccccc2)C[C@@]12CCN(c1cnccn1)C2. The molecule has 4 nitrogen and oxygen atoms in total. The number of alkyl halides is 2. The van der Waals surface area contributed by atoms with Crippen LogP contribution in [0.4, 0.5) is 20.3 Å². The minimum absolute atomic E-state index is 0.101. The summed E-state index contributed by atoms with van der Waals surface area (Å²) in [6.07, 6.45) is 5.22. The zero-order chi connectivity index (χ0) is 16.6. The molecule has 2 aromatic rings. The van der Waals surface area contributed by atoms with Crippen LogP contribution >= 0.6 is 0 Å². The van der Waals surface area contributed by atoms with Gasteiger partial charge in [0.25, 0.3) is 5.92 Å². The summed E-state index contributed by atoms with van der Waals surface area (Å²) >= 11 is 0. The largest absolute Gasteiger partial charge is 0.370 e. The van der Waals surface area contributed by atoms with Gasteiger partial charge in [0.1, 0.15) is 5.82 Å². The number of rotatable bonds is 2. The summed E-state index contributed by atoms with van der Waals surface area (Å²) in [6.45, 7) is 1.68. The van der Waals surface area contributed by atoms with Gasteiger partial charge in [-0.1, -0.05) is 18.2 Å². The van der Waals surface area contributed by atoms with Crippen LogP contribution in [0.2, 0.25) is 0 Å². The molecule has 0 bridgehead atoms. The Bertz CT molecular complexity index is 695. The maximum atomic E-state index is 14.9. The first kappa shape index (κ1) is 15.3. The van der Waals surface area contributed by atoms with Gasteiger partial charge >= 0.3 is 0 Å². The van der Waals surface area contributed by atoms with Gasteiger partial charge in [-0.15, -0.1) is 0 Å². The van der Waals surface area contributed by atoms with E-state index in [2.05, 4.69) is 14.9 Å². The van der Waals surface area contributed by atoms with Crippen LogP contribution in [0.5, 0.6) is 0 Å². The summed E-state index contributed by atoms with van der Waals surface area (Å²) in [5.74, 6) is -1.98. The Morgan fingerprint density at radius 3 is 2.42 bits per heavy atom. The number of nitrogens with zero attached hydrogens (tertiary/aromatic N) is 4. The molecule has 0 N–H and O–H groups in total. The first-order chi connectivity index (χ1) is 11.6. The summed E-state index contributed by atoms with van der Waals surface area (Å²) in [5, 5.41) is 0. The van der Waals surface area contributed by atoms with Gasteiger partial charge < -0.3 is 9.80 Å². The van der Waals surface area contributed by atoms with Crippen molar-refractivity contribution >= 4 is 11.5 Å². The molecule has 0 radical (unpaired) electrons. The Labute approximate surface area is 140 Å². The highest BCUT2D eigenvalue weighted by atomic mass is 19.3. The molecular formula is C18H20F2N4. The Hall–Kier alpha value is -2.24. The molecule has 3 heterocycles. The van der Waals surface area contributed by atoms with Crippen molar-refractivity contribution in [1.82, 2.24) is 9.97 Å². The van der Waals surface area contributed by atoms with Gasteiger partial charge in [0.05, 0.1) is 11.6 Å². The molecule has 0 saturated carbocycles. The van der Waals surface area contributed by atoms with Crippen LogP contribution in [0.15, 0.2) is 48.9 Å². The molecule has 0 unspecified atom stereocenters. The van der Waals surface area contributed by atoms with Gasteiger partial charge in [0.15, 0.2) is 0 Å². The fraction of sp³-hybridized carbons (Fsp3) is 0.444. The summed E-state index contributed by atoms with van der Waals surface area (Å²) in [7, 11) is 0. The highest BCUT2D eigenvalue weighted by molar-refractivity contribution is 5.48. The average molecular weight is 330 g/mol. The second kappa shape index (κ2) is 5.69. The van der Waals surface area contributed by atoms with Crippen LogP contribution in [0.1, 0.15) is 12.8 Å². The summed E-state index contributed by atoms with van der Waals surface area (Å²) in [6, 6.07) is 9.84. The highest BCUT2D eigenvalue weighted by Gasteiger charge is 2.59. The van der Waals surface area contributed by atoms with Crippen LogP contribution in [0.3, 0.4) is 0 Å². The molecule has 2 fully saturated rings. The smallest absolute Gasteiger partial charge is 0.258 e. The molecule has 2 aliphatic heterocycles. The van der Waals surface area contributed by atoms with E-state index in [1.165, 1.54) is 0 Å². The fourth-order valence-corrected chi connectivity index (χ4v) is 3.91. The molecule has 2 aliphatic rings. The Balaban J connectivity index is 1.60. The van der Waals surface area contributed by atoms with Crippen molar-refractivity contribution in [2.45, 2.75) is 18.8 Å². The lowest BCUT2D eigenvalue weighted by atomic mass is 9.75. The quantitative estimate of drug-likeness (QED) is 0.846. The van der Waals surface area contributed by atoms with Gasteiger partial charge in [0.2, 0.25) is 0 Å². The van der Waals surface area contributed by atoms with Gasteiger partial charge in [-0.25, -0.2) is 13.8 Å². The lowest BCUT2D eigenvalue weighted by molar-refractivity contribution is -0.124. The minimum atomic E-state index is -2.66. The molecule has 0 amide bonds. The third-order valence-electron chi connectivity index (χ3n) is 5.31. The van der Waals surface area contributed by atoms with Crippen molar-refractivity contribution in [3.8, 4) is 0 Å². The molecule has 1 atom stereocenters. The molecule has 0 aliphatic carbocycles. The van der Waals surface area contributed by atoms with E-state index in [1.54, 1.807) is 18.6 Å². The molecule has 1 aromatic carbocycles. The van der Waals surface area contributed by atoms with Crippen molar-refractivity contribution in [3.63, 3.8) is 0 Å². The topological polar surface area (TPSA) is 32.3 Å². The molecular weight excluding hydrogens is 310 g/mol. The van der Waals surface area contributed by atoms with Crippen molar-refractivity contribution in [2.75, 3.05) is 36.0 Å². The first-order valence-corrected chi connectivity index (χ1v) is 8.29. The van der Waals surface area contributed by atoms with E-state index < -0.39 is 11.3 Å². The normalized spacial score (nSPS) is 26.1. The van der Waals surface area contributed by atoms with E-state index in [0.717, 1.165) is 5.69 Å². The van der Waals surface area contributed by atoms with Gasteiger partial charge in [-0.3, -0.25) is 4.98 Å². The highest BCUT2D eigenvalue weighted by Crippen LogP contribution is 2.50. The minimum Gasteiger partial charge on any atom is -0.370 e. The third kappa shape index (κ3) is 2.50. The van der Waals surface area contributed by atoms with Crippen LogP contribution < -0.4 is 9.80 Å². The number of hydrogen-bond donors (Lipinski definition) is 0. The van der Waals surface area contributed by atoms with Crippen LogP contribution in [-0.2, 0) is 0 Å². The van der Waals surface area contributed by atoms with Crippen molar-refractivity contribution in [2.24, 2.45) is 5.41 Å². The number of para-hydroxylation sites is 1. The van der Waals surface area contributed by atoms with Crippen molar-refractivity contribution in [1.29, 1.82) is 0 Å². The number of hydrogen-bond acceptors (Lipinski definition) is 4. The van der Waals surface area contributed by atoms with Crippen LogP contribution in [-0.4, -0.2) is 42.1 Å².